The lowest BCUT2D eigenvalue weighted by Gasteiger charge is -2.07. The quantitative estimate of drug-likeness (QED) is 0.493. The fourth-order valence-electron chi connectivity index (χ4n) is 1.00. The van der Waals surface area contributed by atoms with Crippen molar-refractivity contribution in [1.29, 1.82) is 0 Å². The maximum absolute atomic E-state index is 10.9. The van der Waals surface area contributed by atoms with Gasteiger partial charge in [-0.3, -0.25) is 9.59 Å². The molecule has 0 aliphatic heterocycles. The summed E-state index contributed by atoms with van der Waals surface area (Å²) in [6, 6.07) is -0.586. The van der Waals surface area contributed by atoms with Crippen LogP contribution < -0.4 is 5.73 Å². The third-order valence-electron chi connectivity index (χ3n) is 1.88. The largest absolute Gasteiger partial charge is 0.469 e. The maximum atomic E-state index is 10.9. The molecular formula is C9H17NO4. The molecular weight excluding hydrogens is 186 g/mol. The molecule has 0 bridgehead atoms. The zero-order valence-corrected chi connectivity index (χ0v) is 8.62. The molecule has 0 radical (unpaired) electrons. The van der Waals surface area contributed by atoms with E-state index in [1.165, 1.54) is 14.2 Å². The van der Waals surface area contributed by atoms with Gasteiger partial charge in [0.2, 0.25) is 0 Å². The fourth-order valence-corrected chi connectivity index (χ4v) is 1.00. The lowest BCUT2D eigenvalue weighted by Crippen LogP contribution is -2.31. The first-order valence-electron chi connectivity index (χ1n) is 4.52. The average molecular weight is 203 g/mol. The molecule has 0 aromatic rings. The molecule has 0 aromatic carbocycles. The van der Waals surface area contributed by atoms with Gasteiger partial charge in [0.1, 0.15) is 6.04 Å². The Hall–Kier alpha value is -1.10. The predicted molar refractivity (Wildman–Crippen MR) is 50.5 cm³/mol. The molecule has 0 spiro atoms. The van der Waals surface area contributed by atoms with Crippen LogP contribution in [0.1, 0.15) is 25.7 Å². The van der Waals surface area contributed by atoms with E-state index in [9.17, 15) is 9.59 Å². The molecule has 0 aliphatic carbocycles. The number of nitrogens with two attached hydrogens (primary N) is 1. The molecule has 0 aliphatic rings. The first-order chi connectivity index (χ1) is 6.61. The van der Waals surface area contributed by atoms with Crippen LogP contribution in [0.3, 0.4) is 0 Å². The van der Waals surface area contributed by atoms with Gasteiger partial charge in [0.25, 0.3) is 0 Å². The zero-order chi connectivity index (χ0) is 11.0. The van der Waals surface area contributed by atoms with Crippen LogP contribution in [-0.2, 0) is 19.1 Å². The standard InChI is InChI=1S/C9H17NO4/c1-13-8(11)6-4-3-5-7(10)9(12)14-2/h7H,3-6,10H2,1-2H3/t7-/m1/s1. The normalized spacial score (nSPS) is 11.9. The van der Waals surface area contributed by atoms with Crippen LogP contribution in [0, 0.1) is 0 Å². The summed E-state index contributed by atoms with van der Waals surface area (Å²) in [6.45, 7) is 0. The van der Waals surface area contributed by atoms with Gasteiger partial charge >= 0.3 is 11.9 Å². The average Bonchev–Trinajstić information content (AvgIpc) is 2.22. The van der Waals surface area contributed by atoms with E-state index in [1.54, 1.807) is 0 Å². The second kappa shape index (κ2) is 7.32. The lowest BCUT2D eigenvalue weighted by molar-refractivity contribution is -0.142. The van der Waals surface area contributed by atoms with Crippen molar-refractivity contribution < 1.29 is 19.1 Å². The first-order valence-corrected chi connectivity index (χ1v) is 4.52. The van der Waals surface area contributed by atoms with Crippen LogP contribution in [0.4, 0.5) is 0 Å². The van der Waals surface area contributed by atoms with Crippen molar-refractivity contribution in [2.75, 3.05) is 14.2 Å². The SMILES string of the molecule is COC(=O)CCCC[C@@H](N)C(=O)OC. The van der Waals surface area contributed by atoms with E-state index in [0.717, 1.165) is 0 Å². The molecule has 0 saturated heterocycles. The number of hydrogen-bond acceptors (Lipinski definition) is 5. The van der Waals surface area contributed by atoms with E-state index in [0.29, 0.717) is 25.7 Å². The Labute approximate surface area is 83.5 Å². The Bertz CT molecular complexity index is 193. The number of carbonyl (C=O) groups is 2. The highest BCUT2D eigenvalue weighted by Crippen LogP contribution is 2.04. The lowest BCUT2D eigenvalue weighted by atomic mass is 10.1. The maximum Gasteiger partial charge on any atom is 0.322 e. The van der Waals surface area contributed by atoms with Crippen molar-refractivity contribution in [3.05, 3.63) is 0 Å². The molecule has 0 saturated carbocycles. The summed E-state index contributed by atoms with van der Waals surface area (Å²) in [5.74, 6) is -0.653. The monoisotopic (exact) mass is 203 g/mol. The smallest absolute Gasteiger partial charge is 0.322 e. The van der Waals surface area contributed by atoms with Crippen molar-refractivity contribution in [3.8, 4) is 0 Å². The topological polar surface area (TPSA) is 78.6 Å². The highest BCUT2D eigenvalue weighted by atomic mass is 16.5. The van der Waals surface area contributed by atoms with Crippen LogP contribution in [0.15, 0.2) is 0 Å². The number of esters is 2. The van der Waals surface area contributed by atoms with Crippen LogP contribution in [0.5, 0.6) is 0 Å². The van der Waals surface area contributed by atoms with Crippen molar-refractivity contribution >= 4 is 11.9 Å². The van der Waals surface area contributed by atoms with Gasteiger partial charge in [-0.1, -0.05) is 6.42 Å². The molecule has 2 N–H and O–H groups in total. The first kappa shape index (κ1) is 12.9. The number of hydrogen-bond donors (Lipinski definition) is 1. The van der Waals surface area contributed by atoms with E-state index in [4.69, 9.17) is 5.73 Å². The Morgan fingerprint density at radius 3 is 2.36 bits per heavy atom. The number of carbonyl (C=O) groups excluding carboxylic acids is 2. The van der Waals surface area contributed by atoms with E-state index >= 15 is 0 Å². The molecule has 0 amide bonds. The molecule has 1 atom stereocenters. The molecule has 5 heteroatoms. The van der Waals surface area contributed by atoms with Crippen molar-refractivity contribution in [2.45, 2.75) is 31.7 Å². The van der Waals surface area contributed by atoms with Crippen LogP contribution in [0.2, 0.25) is 0 Å². The summed E-state index contributed by atoms with van der Waals surface area (Å²) in [6.07, 6.45) is 2.29. The molecule has 0 heterocycles. The molecule has 82 valence electrons. The van der Waals surface area contributed by atoms with Crippen LogP contribution in [0.25, 0.3) is 0 Å². The minimum absolute atomic E-state index is 0.239. The molecule has 5 nitrogen and oxygen atoms in total. The van der Waals surface area contributed by atoms with Gasteiger partial charge in [-0.25, -0.2) is 0 Å². The Morgan fingerprint density at radius 1 is 1.21 bits per heavy atom. The molecule has 0 unspecified atom stereocenters. The second-order valence-electron chi connectivity index (χ2n) is 2.95. The van der Waals surface area contributed by atoms with E-state index in [-0.39, 0.29) is 5.97 Å². The number of unbranched alkanes of at least 4 members (excludes halogenated alkanes) is 1. The fraction of sp³-hybridized carbons (Fsp3) is 0.778. The molecule has 0 rings (SSSR count). The van der Waals surface area contributed by atoms with Gasteiger partial charge in [0.05, 0.1) is 14.2 Å². The third kappa shape index (κ3) is 5.53. The minimum Gasteiger partial charge on any atom is -0.469 e. The van der Waals surface area contributed by atoms with Gasteiger partial charge in [-0.05, 0) is 12.8 Å². The van der Waals surface area contributed by atoms with Gasteiger partial charge in [-0.15, -0.1) is 0 Å². The summed E-state index contributed by atoms with van der Waals surface area (Å²) in [7, 11) is 2.65. The van der Waals surface area contributed by atoms with E-state index in [2.05, 4.69) is 9.47 Å². The second-order valence-corrected chi connectivity index (χ2v) is 2.95. The number of rotatable bonds is 6. The summed E-state index contributed by atoms with van der Waals surface area (Å²) in [4.78, 5) is 21.6. The summed E-state index contributed by atoms with van der Waals surface area (Å²) < 4.78 is 8.92. The Balaban J connectivity index is 3.45. The number of ether oxygens (including phenoxy) is 2. The van der Waals surface area contributed by atoms with E-state index in [1.807, 2.05) is 0 Å². The van der Waals surface area contributed by atoms with Crippen LogP contribution >= 0.6 is 0 Å². The highest BCUT2D eigenvalue weighted by Gasteiger charge is 2.12. The Morgan fingerprint density at radius 2 is 1.86 bits per heavy atom. The van der Waals surface area contributed by atoms with Crippen molar-refractivity contribution in [2.24, 2.45) is 5.73 Å². The zero-order valence-electron chi connectivity index (χ0n) is 8.62. The van der Waals surface area contributed by atoms with Gasteiger partial charge in [0, 0.05) is 6.42 Å². The van der Waals surface area contributed by atoms with Gasteiger partial charge in [0.15, 0.2) is 0 Å². The minimum atomic E-state index is -0.586. The third-order valence-corrected chi connectivity index (χ3v) is 1.88. The molecule has 0 fully saturated rings. The van der Waals surface area contributed by atoms with Crippen LogP contribution in [-0.4, -0.2) is 32.2 Å². The van der Waals surface area contributed by atoms with Crippen molar-refractivity contribution in [1.82, 2.24) is 0 Å². The molecule has 0 aromatic heterocycles. The van der Waals surface area contributed by atoms with E-state index < -0.39 is 12.0 Å². The number of methoxy groups -OCH3 is 2. The summed E-state index contributed by atoms with van der Waals surface area (Å²) in [5, 5.41) is 0. The highest BCUT2D eigenvalue weighted by molar-refractivity contribution is 5.75. The summed E-state index contributed by atoms with van der Waals surface area (Å²) >= 11 is 0. The van der Waals surface area contributed by atoms with Gasteiger partial charge in [-0.2, -0.15) is 0 Å². The summed E-state index contributed by atoms with van der Waals surface area (Å²) in [5.41, 5.74) is 5.49. The molecule has 14 heavy (non-hydrogen) atoms. The Kier molecular flexibility index (Phi) is 6.74. The van der Waals surface area contributed by atoms with Crippen molar-refractivity contribution in [3.63, 3.8) is 0 Å². The predicted octanol–water partition coefficient (Wildman–Crippen LogP) is 0.220. The van der Waals surface area contributed by atoms with Gasteiger partial charge < -0.3 is 15.2 Å².